The summed E-state index contributed by atoms with van der Waals surface area (Å²) >= 11 is 0. The molecule has 0 saturated heterocycles. The van der Waals surface area contributed by atoms with Crippen LogP contribution < -0.4 is 14.8 Å². The minimum absolute atomic E-state index is 0.193. The molecular weight excluding hydrogens is 403 g/mol. The number of carbonyl (C=O) groups is 2. The van der Waals surface area contributed by atoms with Crippen molar-refractivity contribution in [2.75, 3.05) is 20.8 Å². The topological polar surface area (TPSA) is 73.9 Å². The van der Waals surface area contributed by atoms with Gasteiger partial charge >= 0.3 is 12.1 Å². The van der Waals surface area contributed by atoms with Crippen LogP contribution in [0.4, 0.5) is 13.2 Å². The fraction of sp³-hybridized carbons (Fsp3) is 0.238. The first-order valence-corrected chi connectivity index (χ1v) is 8.72. The quantitative estimate of drug-likeness (QED) is 0.519. The third-order valence-electron chi connectivity index (χ3n) is 3.93. The molecule has 2 rings (SSSR count). The van der Waals surface area contributed by atoms with Crippen LogP contribution in [0.15, 0.2) is 48.5 Å². The van der Waals surface area contributed by atoms with Gasteiger partial charge in [0.15, 0.2) is 18.1 Å². The Hall–Kier alpha value is -3.49. The number of ether oxygens (including phenoxy) is 3. The fourth-order valence-corrected chi connectivity index (χ4v) is 2.37. The first-order chi connectivity index (χ1) is 14.2. The predicted octanol–water partition coefficient (Wildman–Crippen LogP) is 3.60. The van der Waals surface area contributed by atoms with Crippen LogP contribution in [0.25, 0.3) is 6.08 Å². The van der Waals surface area contributed by atoms with Crippen LogP contribution in [0, 0.1) is 0 Å². The Morgan fingerprint density at radius 3 is 2.27 bits per heavy atom. The van der Waals surface area contributed by atoms with Crippen molar-refractivity contribution in [3.8, 4) is 11.5 Å². The summed E-state index contributed by atoms with van der Waals surface area (Å²) in [6, 6.07) is 9.43. The van der Waals surface area contributed by atoms with Crippen molar-refractivity contribution in [2.24, 2.45) is 0 Å². The minimum atomic E-state index is -4.43. The molecule has 0 heterocycles. The van der Waals surface area contributed by atoms with Gasteiger partial charge in [0, 0.05) is 12.6 Å². The van der Waals surface area contributed by atoms with Crippen molar-refractivity contribution in [1.82, 2.24) is 5.32 Å². The van der Waals surface area contributed by atoms with E-state index in [1.54, 1.807) is 18.2 Å². The molecular formula is C21H20F3NO5. The van der Waals surface area contributed by atoms with E-state index >= 15 is 0 Å². The second-order valence-electron chi connectivity index (χ2n) is 6.03. The fourth-order valence-electron chi connectivity index (χ4n) is 2.37. The average Bonchev–Trinajstić information content (AvgIpc) is 2.74. The van der Waals surface area contributed by atoms with E-state index in [-0.39, 0.29) is 6.54 Å². The van der Waals surface area contributed by atoms with Gasteiger partial charge in [-0.25, -0.2) is 4.79 Å². The maximum absolute atomic E-state index is 12.5. The second kappa shape index (κ2) is 10.3. The Morgan fingerprint density at radius 1 is 1.00 bits per heavy atom. The van der Waals surface area contributed by atoms with Gasteiger partial charge in [0.1, 0.15) is 0 Å². The number of carbonyl (C=O) groups excluding carboxylic acids is 2. The van der Waals surface area contributed by atoms with Crippen LogP contribution in [0.2, 0.25) is 0 Å². The third kappa shape index (κ3) is 6.84. The van der Waals surface area contributed by atoms with Gasteiger partial charge < -0.3 is 19.5 Å². The zero-order chi connectivity index (χ0) is 22.1. The van der Waals surface area contributed by atoms with E-state index in [1.807, 2.05) is 0 Å². The van der Waals surface area contributed by atoms with Crippen molar-refractivity contribution in [3.05, 3.63) is 65.2 Å². The smallest absolute Gasteiger partial charge is 0.416 e. The van der Waals surface area contributed by atoms with Crippen LogP contribution in [-0.4, -0.2) is 32.7 Å². The number of methoxy groups -OCH3 is 2. The molecule has 30 heavy (non-hydrogen) atoms. The van der Waals surface area contributed by atoms with Gasteiger partial charge in [-0.05, 0) is 41.5 Å². The highest BCUT2D eigenvalue weighted by Crippen LogP contribution is 2.29. The monoisotopic (exact) mass is 423 g/mol. The summed E-state index contributed by atoms with van der Waals surface area (Å²) in [4.78, 5) is 23.5. The highest BCUT2D eigenvalue weighted by Gasteiger charge is 2.29. The van der Waals surface area contributed by atoms with Gasteiger partial charge in [-0.15, -0.1) is 0 Å². The van der Waals surface area contributed by atoms with E-state index in [1.165, 1.54) is 32.4 Å². The number of rotatable bonds is 8. The Labute approximate surface area is 171 Å². The summed E-state index contributed by atoms with van der Waals surface area (Å²) in [6.45, 7) is -0.304. The zero-order valence-corrected chi connectivity index (χ0v) is 16.3. The van der Waals surface area contributed by atoms with E-state index in [4.69, 9.17) is 14.2 Å². The predicted molar refractivity (Wildman–Crippen MR) is 103 cm³/mol. The SMILES string of the molecule is COc1ccc(CNC(=O)COC(=O)C=Cc2ccc(C(F)(F)F)cc2)cc1OC. The van der Waals surface area contributed by atoms with E-state index < -0.39 is 30.2 Å². The molecule has 0 spiro atoms. The van der Waals surface area contributed by atoms with Crippen molar-refractivity contribution in [1.29, 1.82) is 0 Å². The Morgan fingerprint density at radius 2 is 1.67 bits per heavy atom. The number of halogens is 3. The maximum atomic E-state index is 12.5. The Kier molecular flexibility index (Phi) is 7.85. The van der Waals surface area contributed by atoms with Crippen molar-refractivity contribution in [3.63, 3.8) is 0 Å². The lowest BCUT2D eigenvalue weighted by Crippen LogP contribution is -2.28. The minimum Gasteiger partial charge on any atom is -0.493 e. The number of alkyl halides is 3. The number of amides is 1. The summed E-state index contributed by atoms with van der Waals surface area (Å²) in [5.74, 6) is -0.234. The molecule has 0 atom stereocenters. The van der Waals surface area contributed by atoms with Crippen LogP contribution in [0.1, 0.15) is 16.7 Å². The van der Waals surface area contributed by atoms with Crippen LogP contribution >= 0.6 is 0 Å². The van der Waals surface area contributed by atoms with E-state index in [2.05, 4.69) is 5.32 Å². The summed E-state index contributed by atoms with van der Waals surface area (Å²) in [5.41, 5.74) is 0.362. The lowest BCUT2D eigenvalue weighted by molar-refractivity contribution is -0.143. The molecule has 0 saturated carbocycles. The Balaban J connectivity index is 1.79. The molecule has 0 aromatic heterocycles. The third-order valence-corrected chi connectivity index (χ3v) is 3.93. The van der Waals surface area contributed by atoms with Gasteiger partial charge in [0.2, 0.25) is 0 Å². The van der Waals surface area contributed by atoms with Gasteiger partial charge in [-0.2, -0.15) is 13.2 Å². The molecule has 160 valence electrons. The van der Waals surface area contributed by atoms with Gasteiger partial charge in [-0.3, -0.25) is 4.79 Å². The maximum Gasteiger partial charge on any atom is 0.416 e. The molecule has 6 nitrogen and oxygen atoms in total. The average molecular weight is 423 g/mol. The molecule has 0 fully saturated rings. The molecule has 9 heteroatoms. The van der Waals surface area contributed by atoms with E-state index in [0.717, 1.165) is 23.8 Å². The number of esters is 1. The molecule has 1 amide bonds. The van der Waals surface area contributed by atoms with Gasteiger partial charge in [0.25, 0.3) is 5.91 Å². The summed E-state index contributed by atoms with van der Waals surface area (Å²) in [5, 5.41) is 2.59. The highest BCUT2D eigenvalue weighted by molar-refractivity contribution is 5.89. The van der Waals surface area contributed by atoms with E-state index in [0.29, 0.717) is 17.1 Å². The lowest BCUT2D eigenvalue weighted by atomic mass is 10.1. The molecule has 0 bridgehead atoms. The van der Waals surface area contributed by atoms with Crippen LogP contribution in [-0.2, 0) is 27.0 Å². The Bertz CT molecular complexity index is 908. The van der Waals surface area contributed by atoms with Crippen molar-refractivity contribution in [2.45, 2.75) is 12.7 Å². The second-order valence-corrected chi connectivity index (χ2v) is 6.03. The normalized spacial score (nSPS) is 11.2. The molecule has 2 aromatic carbocycles. The van der Waals surface area contributed by atoms with Crippen LogP contribution in [0.3, 0.4) is 0 Å². The van der Waals surface area contributed by atoms with Crippen molar-refractivity contribution < 1.29 is 37.0 Å². The lowest BCUT2D eigenvalue weighted by Gasteiger charge is -2.10. The first-order valence-electron chi connectivity index (χ1n) is 8.72. The summed E-state index contributed by atoms with van der Waals surface area (Å²) in [6.07, 6.45) is -2.10. The van der Waals surface area contributed by atoms with Gasteiger partial charge in [0.05, 0.1) is 19.8 Å². The molecule has 0 unspecified atom stereocenters. The largest absolute Gasteiger partial charge is 0.493 e. The van der Waals surface area contributed by atoms with E-state index in [9.17, 15) is 22.8 Å². The van der Waals surface area contributed by atoms with Gasteiger partial charge in [-0.1, -0.05) is 18.2 Å². The summed E-state index contributed by atoms with van der Waals surface area (Å²) < 4.78 is 52.7. The first kappa shape index (κ1) is 22.8. The molecule has 0 radical (unpaired) electrons. The zero-order valence-electron chi connectivity index (χ0n) is 16.3. The number of benzene rings is 2. The molecule has 0 aliphatic carbocycles. The highest BCUT2D eigenvalue weighted by atomic mass is 19.4. The number of hydrogen-bond acceptors (Lipinski definition) is 5. The van der Waals surface area contributed by atoms with Crippen LogP contribution in [0.5, 0.6) is 11.5 Å². The molecule has 0 aliphatic rings. The van der Waals surface area contributed by atoms with Crippen molar-refractivity contribution >= 4 is 18.0 Å². The number of nitrogens with one attached hydrogen (secondary N) is 1. The molecule has 1 N–H and O–H groups in total. The number of hydrogen-bond donors (Lipinski definition) is 1. The standard InChI is InChI=1S/C21H20F3NO5/c1-28-17-9-5-15(11-18(17)29-2)12-25-19(26)13-30-20(27)10-6-14-3-7-16(8-4-14)21(22,23)24/h3-11H,12-13H2,1-2H3,(H,25,26). The molecule has 0 aliphatic heterocycles. The molecule has 2 aromatic rings. The summed E-state index contributed by atoms with van der Waals surface area (Å²) in [7, 11) is 3.01.